The van der Waals surface area contributed by atoms with Crippen LogP contribution in [0.15, 0.2) is 78.2 Å². The third-order valence-corrected chi connectivity index (χ3v) is 7.56. The molecule has 0 radical (unpaired) electrons. The van der Waals surface area contributed by atoms with Crippen LogP contribution in [0.5, 0.6) is 0 Å². The monoisotopic (exact) mass is 511 g/mol. The molecule has 1 aliphatic heterocycles. The van der Waals surface area contributed by atoms with Crippen LogP contribution in [-0.4, -0.2) is 46.9 Å². The maximum absolute atomic E-state index is 12.9. The van der Waals surface area contributed by atoms with E-state index in [9.17, 15) is 19.5 Å². The number of benzene rings is 2. The molecule has 2 aromatic carbocycles. The van der Waals surface area contributed by atoms with Crippen LogP contribution in [0.1, 0.15) is 20.8 Å². The molecule has 3 amide bonds. The van der Waals surface area contributed by atoms with Crippen molar-refractivity contribution in [2.75, 3.05) is 19.7 Å². The number of nitrogens with zero attached hydrogens (tertiary/aromatic N) is 1. The maximum atomic E-state index is 12.9. The van der Waals surface area contributed by atoms with Crippen molar-refractivity contribution in [1.29, 1.82) is 0 Å². The standard InChI is InChI=1S/C25H25N3O5S2/c29-15-20-14-28(24(32)33-16-18-8-3-1-4-9-18)17-25(20,21-12-7-13-34-21)26-23(31)27-35-22(30)19-10-5-2-6-11-19/h1-13,20,29H,14-17H2,(H2,26,27,31). The van der Waals surface area contributed by atoms with Gasteiger partial charge in [-0.3, -0.25) is 9.52 Å². The number of thiophene rings is 1. The molecule has 3 N–H and O–H groups in total. The van der Waals surface area contributed by atoms with Gasteiger partial charge in [-0.05, 0) is 17.0 Å². The minimum Gasteiger partial charge on any atom is -0.445 e. The Bertz CT molecular complexity index is 1140. The fraction of sp³-hybridized carbons (Fsp3) is 0.240. The first-order chi connectivity index (χ1) is 17.0. The van der Waals surface area contributed by atoms with Gasteiger partial charge < -0.3 is 20.1 Å². The van der Waals surface area contributed by atoms with Gasteiger partial charge in [-0.25, -0.2) is 9.59 Å². The van der Waals surface area contributed by atoms with E-state index in [-0.39, 0.29) is 31.4 Å². The Labute approximate surface area is 211 Å². The number of aliphatic hydroxyl groups excluding tert-OH is 1. The zero-order valence-electron chi connectivity index (χ0n) is 18.8. The van der Waals surface area contributed by atoms with E-state index in [0.29, 0.717) is 17.5 Å². The highest BCUT2D eigenvalue weighted by molar-refractivity contribution is 8.12. The van der Waals surface area contributed by atoms with E-state index in [1.807, 2.05) is 47.8 Å². The van der Waals surface area contributed by atoms with E-state index in [1.165, 1.54) is 16.2 Å². The summed E-state index contributed by atoms with van der Waals surface area (Å²) in [6, 6.07) is 21.1. The predicted octanol–water partition coefficient (Wildman–Crippen LogP) is 3.99. The molecular weight excluding hydrogens is 486 g/mol. The predicted molar refractivity (Wildman–Crippen MR) is 135 cm³/mol. The number of rotatable bonds is 6. The van der Waals surface area contributed by atoms with Crippen molar-refractivity contribution < 1.29 is 24.2 Å². The molecule has 2 heterocycles. The van der Waals surface area contributed by atoms with Crippen LogP contribution < -0.4 is 10.0 Å². The Kier molecular flexibility index (Phi) is 8.06. The molecule has 35 heavy (non-hydrogen) atoms. The minimum atomic E-state index is -1.03. The fourth-order valence-electron chi connectivity index (χ4n) is 4.05. The average Bonchev–Trinajstić information content (AvgIpc) is 3.56. The van der Waals surface area contributed by atoms with Crippen LogP contribution in [0.2, 0.25) is 0 Å². The van der Waals surface area contributed by atoms with Crippen LogP contribution in [0.4, 0.5) is 9.59 Å². The zero-order valence-corrected chi connectivity index (χ0v) is 20.4. The molecule has 2 atom stereocenters. The maximum Gasteiger partial charge on any atom is 0.410 e. The smallest absolute Gasteiger partial charge is 0.410 e. The van der Waals surface area contributed by atoms with Crippen molar-refractivity contribution in [3.63, 3.8) is 0 Å². The molecule has 4 rings (SSSR count). The number of carbonyl (C=O) groups is 3. The number of urea groups is 1. The van der Waals surface area contributed by atoms with Gasteiger partial charge in [0.2, 0.25) is 5.12 Å². The number of hydrogen-bond acceptors (Lipinski definition) is 7. The third kappa shape index (κ3) is 5.84. The first-order valence-corrected chi connectivity index (χ1v) is 12.7. The van der Waals surface area contributed by atoms with Crippen molar-refractivity contribution in [2.45, 2.75) is 12.1 Å². The van der Waals surface area contributed by atoms with E-state index in [4.69, 9.17) is 4.74 Å². The number of amides is 3. The molecule has 3 aromatic rings. The minimum absolute atomic E-state index is 0.122. The largest absolute Gasteiger partial charge is 0.445 e. The molecular formula is C25H25N3O5S2. The van der Waals surface area contributed by atoms with Gasteiger partial charge in [0.15, 0.2) is 0 Å². The van der Waals surface area contributed by atoms with E-state index in [0.717, 1.165) is 10.4 Å². The number of ether oxygens (including phenoxy) is 1. The topological polar surface area (TPSA) is 108 Å². The second kappa shape index (κ2) is 11.4. The molecule has 1 saturated heterocycles. The SMILES string of the molecule is O=C(NSC(=O)c1ccccc1)NC1(c2cccs2)CN(C(=O)OCc2ccccc2)CC1CO. The second-order valence-corrected chi connectivity index (χ2v) is 9.79. The summed E-state index contributed by atoms with van der Waals surface area (Å²) in [7, 11) is 0. The van der Waals surface area contributed by atoms with Crippen molar-refractivity contribution in [2.24, 2.45) is 5.92 Å². The molecule has 1 fully saturated rings. The summed E-state index contributed by atoms with van der Waals surface area (Å²) < 4.78 is 8.02. The number of aliphatic hydroxyl groups is 1. The molecule has 0 aliphatic carbocycles. The summed E-state index contributed by atoms with van der Waals surface area (Å²) in [5.74, 6) is -0.467. The Morgan fingerprint density at radius 2 is 1.77 bits per heavy atom. The highest BCUT2D eigenvalue weighted by Gasteiger charge is 2.51. The zero-order chi connectivity index (χ0) is 24.7. The lowest BCUT2D eigenvalue weighted by atomic mass is 9.86. The Hall–Kier alpha value is -3.34. The highest BCUT2D eigenvalue weighted by atomic mass is 32.2. The Morgan fingerprint density at radius 3 is 2.43 bits per heavy atom. The van der Waals surface area contributed by atoms with Crippen LogP contribution >= 0.6 is 23.3 Å². The van der Waals surface area contributed by atoms with Crippen LogP contribution in [-0.2, 0) is 16.9 Å². The summed E-state index contributed by atoms with van der Waals surface area (Å²) in [5.41, 5.74) is 0.294. The van der Waals surface area contributed by atoms with Crippen molar-refractivity contribution in [3.8, 4) is 0 Å². The van der Waals surface area contributed by atoms with E-state index < -0.39 is 23.6 Å². The Morgan fingerprint density at radius 1 is 1.06 bits per heavy atom. The number of likely N-dealkylation sites (tertiary alicyclic amines) is 1. The van der Waals surface area contributed by atoms with Gasteiger partial charge >= 0.3 is 12.1 Å². The molecule has 182 valence electrons. The molecule has 0 spiro atoms. The van der Waals surface area contributed by atoms with Crippen molar-refractivity contribution in [3.05, 3.63) is 94.2 Å². The first kappa shape index (κ1) is 24.8. The summed E-state index contributed by atoms with van der Waals surface area (Å²) in [6.07, 6.45) is -0.526. The van der Waals surface area contributed by atoms with Gasteiger partial charge in [0.1, 0.15) is 12.1 Å². The molecule has 1 aromatic heterocycles. The van der Waals surface area contributed by atoms with Gasteiger partial charge in [0.05, 0.1) is 13.2 Å². The average molecular weight is 512 g/mol. The molecule has 1 aliphatic rings. The van der Waals surface area contributed by atoms with Gasteiger partial charge in [0.25, 0.3) is 0 Å². The Balaban J connectivity index is 1.45. The third-order valence-electron chi connectivity index (χ3n) is 5.81. The summed E-state index contributed by atoms with van der Waals surface area (Å²) >= 11 is 2.09. The number of hydrogen-bond donors (Lipinski definition) is 3. The summed E-state index contributed by atoms with van der Waals surface area (Å²) in [6.45, 7) is 0.199. The lowest BCUT2D eigenvalue weighted by Gasteiger charge is -2.33. The second-order valence-electron chi connectivity index (χ2n) is 8.06. The quantitative estimate of drug-likeness (QED) is 0.432. The molecule has 0 bridgehead atoms. The van der Waals surface area contributed by atoms with Gasteiger partial charge in [0, 0.05) is 34.9 Å². The number of carbonyl (C=O) groups excluding carboxylic acids is 3. The molecule has 8 nitrogen and oxygen atoms in total. The van der Waals surface area contributed by atoms with E-state index in [2.05, 4.69) is 10.0 Å². The normalized spacial score (nSPS) is 19.2. The molecule has 10 heteroatoms. The van der Waals surface area contributed by atoms with Gasteiger partial charge in [-0.2, -0.15) is 0 Å². The summed E-state index contributed by atoms with van der Waals surface area (Å²) in [5, 5.41) is 14.7. The fourth-order valence-corrected chi connectivity index (χ4v) is 5.49. The van der Waals surface area contributed by atoms with E-state index in [1.54, 1.807) is 30.3 Å². The van der Waals surface area contributed by atoms with Crippen molar-refractivity contribution >= 4 is 40.5 Å². The lowest BCUT2D eigenvalue weighted by molar-refractivity contribution is 0.101. The summed E-state index contributed by atoms with van der Waals surface area (Å²) in [4.78, 5) is 40.4. The van der Waals surface area contributed by atoms with Crippen LogP contribution in [0, 0.1) is 5.92 Å². The van der Waals surface area contributed by atoms with Crippen LogP contribution in [0.3, 0.4) is 0 Å². The van der Waals surface area contributed by atoms with Gasteiger partial charge in [-0.1, -0.05) is 66.7 Å². The molecule has 2 unspecified atom stereocenters. The number of nitrogens with one attached hydrogen (secondary N) is 2. The van der Waals surface area contributed by atoms with E-state index >= 15 is 0 Å². The highest BCUT2D eigenvalue weighted by Crippen LogP contribution is 2.39. The first-order valence-electron chi connectivity index (χ1n) is 11.0. The molecule has 0 saturated carbocycles. The van der Waals surface area contributed by atoms with Crippen LogP contribution in [0.25, 0.3) is 0 Å². The van der Waals surface area contributed by atoms with Gasteiger partial charge in [-0.15, -0.1) is 11.3 Å². The van der Waals surface area contributed by atoms with Crippen molar-refractivity contribution in [1.82, 2.24) is 14.9 Å². The lowest BCUT2D eigenvalue weighted by Crippen LogP contribution is -2.54.